The molecule has 0 saturated heterocycles. The molecule has 0 fully saturated rings. The number of fused-ring (bicyclic) bond motifs is 1. The van der Waals surface area contributed by atoms with E-state index < -0.39 is 0 Å². The van der Waals surface area contributed by atoms with Crippen molar-refractivity contribution in [3.05, 3.63) is 53.2 Å². The van der Waals surface area contributed by atoms with Crippen molar-refractivity contribution in [2.24, 2.45) is 0 Å². The molecule has 0 radical (unpaired) electrons. The van der Waals surface area contributed by atoms with Gasteiger partial charge in [-0.2, -0.15) is 0 Å². The second-order valence-corrected chi connectivity index (χ2v) is 5.69. The first-order valence-electron chi connectivity index (χ1n) is 7.64. The lowest BCUT2D eigenvalue weighted by Gasteiger charge is -2.20. The molecule has 2 aromatic rings. The number of hydrogen-bond acceptors (Lipinski definition) is 3. The zero-order chi connectivity index (χ0) is 14.7. The topological polar surface area (TPSA) is 34.1 Å². The molecule has 3 rings (SSSR count). The zero-order valence-electron chi connectivity index (χ0n) is 12.7. The van der Waals surface area contributed by atoms with E-state index in [1.54, 1.807) is 7.11 Å². The fraction of sp³-hybridized carbons (Fsp3) is 0.389. The molecule has 1 aromatic heterocycles. The summed E-state index contributed by atoms with van der Waals surface area (Å²) in [6, 6.07) is 11.1. The van der Waals surface area contributed by atoms with Crippen molar-refractivity contribution in [3.63, 3.8) is 0 Å². The first-order chi connectivity index (χ1) is 10.3. The van der Waals surface area contributed by atoms with Gasteiger partial charge < -0.3 is 10.1 Å². The van der Waals surface area contributed by atoms with Gasteiger partial charge in [0.05, 0.1) is 19.0 Å². The molecule has 1 aromatic carbocycles. The number of pyridine rings is 1. The van der Waals surface area contributed by atoms with Crippen molar-refractivity contribution in [1.82, 2.24) is 4.98 Å². The maximum atomic E-state index is 5.08. The Hall–Kier alpha value is -2.03. The number of anilines is 1. The largest absolute Gasteiger partial charge is 0.481 e. The van der Waals surface area contributed by atoms with Crippen LogP contribution in [0.25, 0.3) is 0 Å². The van der Waals surface area contributed by atoms with Crippen LogP contribution in [0.2, 0.25) is 0 Å². The van der Waals surface area contributed by atoms with E-state index >= 15 is 0 Å². The summed E-state index contributed by atoms with van der Waals surface area (Å²) in [5.74, 6) is 0.641. The molecule has 1 aliphatic carbocycles. The first kappa shape index (κ1) is 13.9. The summed E-state index contributed by atoms with van der Waals surface area (Å²) < 4.78 is 5.08. The van der Waals surface area contributed by atoms with Crippen LogP contribution < -0.4 is 10.1 Å². The van der Waals surface area contributed by atoms with Gasteiger partial charge in [-0.15, -0.1) is 0 Å². The Morgan fingerprint density at radius 3 is 2.62 bits per heavy atom. The van der Waals surface area contributed by atoms with Crippen molar-refractivity contribution in [3.8, 4) is 5.88 Å². The molecule has 0 spiro atoms. The number of aromatic nitrogens is 1. The maximum absolute atomic E-state index is 5.08. The van der Waals surface area contributed by atoms with Crippen LogP contribution in [0.15, 0.2) is 36.5 Å². The molecule has 0 amide bonds. The summed E-state index contributed by atoms with van der Waals surface area (Å²) in [6.45, 7) is 2.19. The molecular weight excluding hydrogens is 260 g/mol. The third-order valence-corrected chi connectivity index (χ3v) is 4.20. The summed E-state index contributed by atoms with van der Waals surface area (Å²) in [6.07, 6.45) is 6.92. The molecular formula is C18H22N2O. The number of rotatable bonds is 4. The van der Waals surface area contributed by atoms with Crippen LogP contribution in [0.5, 0.6) is 5.88 Å². The van der Waals surface area contributed by atoms with Gasteiger partial charge in [-0.1, -0.05) is 18.2 Å². The average Bonchev–Trinajstić information content (AvgIpc) is 2.55. The molecule has 0 saturated carbocycles. The van der Waals surface area contributed by atoms with E-state index in [-0.39, 0.29) is 6.04 Å². The van der Waals surface area contributed by atoms with Crippen LogP contribution in [0, 0.1) is 0 Å². The SMILES string of the molecule is COc1ccc(NC(C)c2ccc3c(c2)CCCC3)cn1. The lowest BCUT2D eigenvalue weighted by molar-refractivity contribution is 0.398. The fourth-order valence-corrected chi connectivity index (χ4v) is 2.94. The van der Waals surface area contributed by atoms with Gasteiger partial charge in [0.25, 0.3) is 0 Å². The highest BCUT2D eigenvalue weighted by Gasteiger charge is 2.12. The van der Waals surface area contributed by atoms with E-state index in [4.69, 9.17) is 4.74 Å². The Morgan fingerprint density at radius 1 is 1.10 bits per heavy atom. The molecule has 3 nitrogen and oxygen atoms in total. The Morgan fingerprint density at radius 2 is 1.90 bits per heavy atom. The van der Waals surface area contributed by atoms with Gasteiger partial charge in [0.1, 0.15) is 0 Å². The highest BCUT2D eigenvalue weighted by molar-refractivity contribution is 5.45. The number of nitrogens with one attached hydrogen (secondary N) is 1. The van der Waals surface area contributed by atoms with Gasteiger partial charge in [0, 0.05) is 12.1 Å². The number of aryl methyl sites for hydroxylation is 2. The number of ether oxygens (including phenoxy) is 1. The fourth-order valence-electron chi connectivity index (χ4n) is 2.94. The van der Waals surface area contributed by atoms with Crippen molar-refractivity contribution >= 4 is 5.69 Å². The summed E-state index contributed by atoms with van der Waals surface area (Å²) in [5, 5.41) is 3.50. The van der Waals surface area contributed by atoms with E-state index in [1.165, 1.54) is 42.4 Å². The van der Waals surface area contributed by atoms with E-state index in [1.807, 2.05) is 18.3 Å². The first-order valence-corrected chi connectivity index (χ1v) is 7.64. The maximum Gasteiger partial charge on any atom is 0.213 e. The molecule has 110 valence electrons. The summed E-state index contributed by atoms with van der Waals surface area (Å²) in [5.41, 5.74) is 5.41. The van der Waals surface area contributed by atoms with Crippen LogP contribution in [0.4, 0.5) is 5.69 Å². The normalized spacial score (nSPS) is 15.1. The predicted octanol–water partition coefficient (Wildman–Crippen LogP) is 4.14. The lowest BCUT2D eigenvalue weighted by atomic mass is 9.89. The third-order valence-electron chi connectivity index (χ3n) is 4.20. The van der Waals surface area contributed by atoms with Gasteiger partial charge in [-0.05, 0) is 55.4 Å². The smallest absolute Gasteiger partial charge is 0.213 e. The van der Waals surface area contributed by atoms with Gasteiger partial charge >= 0.3 is 0 Å². The highest BCUT2D eigenvalue weighted by Crippen LogP contribution is 2.26. The molecule has 1 unspecified atom stereocenters. The van der Waals surface area contributed by atoms with Crippen LogP contribution in [0.1, 0.15) is 42.5 Å². The minimum absolute atomic E-state index is 0.271. The van der Waals surface area contributed by atoms with E-state index in [0.717, 1.165) is 5.69 Å². The van der Waals surface area contributed by atoms with Crippen molar-refractivity contribution in [2.45, 2.75) is 38.6 Å². The lowest BCUT2D eigenvalue weighted by Crippen LogP contribution is -2.09. The van der Waals surface area contributed by atoms with Gasteiger partial charge in [-0.25, -0.2) is 4.98 Å². The second kappa shape index (κ2) is 6.17. The Bertz CT molecular complexity index is 607. The number of methoxy groups -OCH3 is 1. The van der Waals surface area contributed by atoms with E-state index in [2.05, 4.69) is 35.4 Å². The van der Waals surface area contributed by atoms with E-state index in [0.29, 0.717) is 5.88 Å². The Balaban J connectivity index is 1.73. The number of hydrogen-bond donors (Lipinski definition) is 1. The summed E-state index contributed by atoms with van der Waals surface area (Å²) in [4.78, 5) is 4.23. The molecule has 0 bridgehead atoms. The zero-order valence-corrected chi connectivity index (χ0v) is 12.7. The molecule has 1 N–H and O–H groups in total. The van der Waals surface area contributed by atoms with Crippen LogP contribution in [0.3, 0.4) is 0 Å². The summed E-state index contributed by atoms with van der Waals surface area (Å²) in [7, 11) is 1.63. The standard InChI is InChI=1S/C18H22N2O/c1-13(20-17-9-10-18(21-2)19-12-17)15-8-7-14-5-3-4-6-16(14)11-15/h7-13,20H,3-6H2,1-2H3. The third kappa shape index (κ3) is 3.18. The molecule has 0 aliphatic heterocycles. The predicted molar refractivity (Wildman–Crippen MR) is 85.9 cm³/mol. The number of benzene rings is 1. The molecule has 1 heterocycles. The van der Waals surface area contributed by atoms with Gasteiger partial charge in [0.15, 0.2) is 0 Å². The Kier molecular flexibility index (Phi) is 4.09. The Labute approximate surface area is 126 Å². The molecule has 3 heteroatoms. The highest BCUT2D eigenvalue weighted by atomic mass is 16.5. The van der Waals surface area contributed by atoms with Crippen LogP contribution in [-0.4, -0.2) is 12.1 Å². The number of nitrogens with zero attached hydrogens (tertiary/aromatic N) is 1. The molecule has 21 heavy (non-hydrogen) atoms. The minimum Gasteiger partial charge on any atom is -0.481 e. The molecule has 1 atom stereocenters. The monoisotopic (exact) mass is 282 g/mol. The average molecular weight is 282 g/mol. The summed E-state index contributed by atoms with van der Waals surface area (Å²) >= 11 is 0. The van der Waals surface area contributed by atoms with Gasteiger partial charge in [-0.3, -0.25) is 0 Å². The van der Waals surface area contributed by atoms with Crippen LogP contribution in [-0.2, 0) is 12.8 Å². The van der Waals surface area contributed by atoms with Crippen molar-refractivity contribution < 1.29 is 4.74 Å². The van der Waals surface area contributed by atoms with Crippen molar-refractivity contribution in [2.75, 3.05) is 12.4 Å². The molecule has 1 aliphatic rings. The van der Waals surface area contributed by atoms with Crippen LogP contribution >= 0.6 is 0 Å². The van der Waals surface area contributed by atoms with E-state index in [9.17, 15) is 0 Å². The minimum atomic E-state index is 0.271. The van der Waals surface area contributed by atoms with Gasteiger partial charge in [0.2, 0.25) is 5.88 Å². The quantitative estimate of drug-likeness (QED) is 0.915. The second-order valence-electron chi connectivity index (χ2n) is 5.69. The van der Waals surface area contributed by atoms with Crippen molar-refractivity contribution in [1.29, 1.82) is 0 Å².